The van der Waals surface area contributed by atoms with E-state index in [-0.39, 0.29) is 9.49 Å². The molecule has 2 aliphatic rings. The van der Waals surface area contributed by atoms with Crippen molar-refractivity contribution >= 4 is 35.4 Å². The summed E-state index contributed by atoms with van der Waals surface area (Å²) in [6, 6.07) is 19.5. The van der Waals surface area contributed by atoms with E-state index in [0.29, 0.717) is 0 Å². The summed E-state index contributed by atoms with van der Waals surface area (Å²) in [5.74, 6) is 2.41. The molecule has 3 heteroatoms. The lowest BCUT2D eigenvalue weighted by Crippen LogP contribution is -2.44. The molecule has 0 amide bonds. The summed E-state index contributed by atoms with van der Waals surface area (Å²) in [6.07, 6.45) is 2.18. The maximum absolute atomic E-state index is 4.79. The Hall–Kier alpha value is -1.19. The van der Waals surface area contributed by atoms with Crippen molar-refractivity contribution in [2.24, 2.45) is 4.99 Å². The summed E-state index contributed by atoms with van der Waals surface area (Å²) in [7, 11) is 0. The van der Waals surface area contributed by atoms with E-state index >= 15 is 0 Å². The van der Waals surface area contributed by atoms with Gasteiger partial charge in [-0.05, 0) is 18.6 Å². The van der Waals surface area contributed by atoms with Gasteiger partial charge < -0.3 is 0 Å². The summed E-state index contributed by atoms with van der Waals surface area (Å²) in [6.45, 7) is 2.34. The summed E-state index contributed by atoms with van der Waals surface area (Å²) in [5.41, 5.74) is 3.79. The Balaban J connectivity index is 1.97. The molecule has 2 aromatic rings. The van der Waals surface area contributed by atoms with Crippen molar-refractivity contribution in [1.29, 1.82) is 0 Å². The molecule has 21 heavy (non-hydrogen) atoms. The number of fused-ring (bicyclic) bond motifs is 2. The Morgan fingerprint density at radius 1 is 0.905 bits per heavy atom. The van der Waals surface area contributed by atoms with E-state index in [1.54, 1.807) is 0 Å². The van der Waals surface area contributed by atoms with Gasteiger partial charge in [0.05, 0.1) is 11.1 Å². The first-order valence-electron chi connectivity index (χ1n) is 7.24. The second-order valence-electron chi connectivity index (χ2n) is 5.66. The number of aliphatic imine (C=N–C) groups is 1. The molecule has 2 aromatic carbocycles. The molecule has 1 fully saturated rings. The van der Waals surface area contributed by atoms with Crippen LogP contribution in [0.2, 0.25) is 0 Å². The van der Waals surface area contributed by atoms with Gasteiger partial charge >= 0.3 is 0 Å². The fourth-order valence-corrected chi connectivity index (χ4v) is 7.02. The van der Waals surface area contributed by atoms with Gasteiger partial charge in [-0.3, -0.25) is 4.99 Å². The Labute approximate surface area is 134 Å². The van der Waals surface area contributed by atoms with E-state index in [2.05, 4.69) is 91.3 Å². The monoisotopic (exact) mass is 311 g/mol. The molecule has 0 bridgehead atoms. The van der Waals surface area contributed by atoms with E-state index in [4.69, 9.17) is 4.99 Å². The molecule has 1 unspecified atom stereocenters. The molecule has 0 aromatic heterocycles. The molecule has 1 saturated heterocycles. The van der Waals surface area contributed by atoms with Crippen LogP contribution >= 0.6 is 23.5 Å². The SMILES string of the molecule is CC1(c2ccccc2)C=Nc2ccccc2C12SCCS2. The minimum atomic E-state index is -0.0750. The number of benzene rings is 2. The highest BCUT2D eigenvalue weighted by Gasteiger charge is 2.55. The summed E-state index contributed by atoms with van der Waals surface area (Å²) in [4.78, 5) is 4.79. The molecule has 0 aliphatic carbocycles. The van der Waals surface area contributed by atoms with Crippen LogP contribution in [0.25, 0.3) is 0 Å². The molecule has 2 heterocycles. The topological polar surface area (TPSA) is 12.4 Å². The highest BCUT2D eigenvalue weighted by Crippen LogP contribution is 2.64. The van der Waals surface area contributed by atoms with Crippen molar-refractivity contribution in [3.8, 4) is 0 Å². The smallest absolute Gasteiger partial charge is 0.102 e. The molecule has 106 valence electrons. The molecular formula is C18H17NS2. The molecular weight excluding hydrogens is 294 g/mol. The minimum absolute atomic E-state index is 0.0483. The average molecular weight is 311 g/mol. The number of thioether (sulfide) groups is 2. The third kappa shape index (κ3) is 1.84. The molecule has 4 rings (SSSR count). The van der Waals surface area contributed by atoms with Crippen molar-refractivity contribution in [1.82, 2.24) is 0 Å². The summed E-state index contributed by atoms with van der Waals surface area (Å²) in [5, 5.41) is 0. The second kappa shape index (κ2) is 4.92. The summed E-state index contributed by atoms with van der Waals surface area (Å²) >= 11 is 4.16. The number of para-hydroxylation sites is 1. The van der Waals surface area contributed by atoms with Gasteiger partial charge in [0, 0.05) is 23.3 Å². The zero-order chi connectivity index (χ0) is 14.3. The third-order valence-electron chi connectivity index (χ3n) is 4.47. The molecule has 1 spiro atoms. The van der Waals surface area contributed by atoms with E-state index in [1.807, 2.05) is 0 Å². The predicted molar refractivity (Wildman–Crippen MR) is 95.0 cm³/mol. The van der Waals surface area contributed by atoms with Crippen LogP contribution in [0, 0.1) is 0 Å². The van der Waals surface area contributed by atoms with Gasteiger partial charge in [-0.1, -0.05) is 48.5 Å². The van der Waals surface area contributed by atoms with Crippen LogP contribution in [0.1, 0.15) is 18.1 Å². The Morgan fingerprint density at radius 3 is 2.33 bits per heavy atom. The summed E-state index contributed by atoms with van der Waals surface area (Å²) < 4.78 is 0.0483. The number of hydrogen-bond acceptors (Lipinski definition) is 3. The quantitative estimate of drug-likeness (QED) is 0.735. The van der Waals surface area contributed by atoms with E-state index < -0.39 is 0 Å². The number of nitrogens with zero attached hydrogens (tertiary/aromatic N) is 1. The van der Waals surface area contributed by atoms with Crippen LogP contribution in [0.3, 0.4) is 0 Å². The van der Waals surface area contributed by atoms with E-state index in [0.717, 1.165) is 5.69 Å². The van der Waals surface area contributed by atoms with Crippen LogP contribution in [0.5, 0.6) is 0 Å². The maximum Gasteiger partial charge on any atom is 0.102 e. The fraction of sp³-hybridized carbons (Fsp3) is 0.278. The molecule has 1 nitrogen and oxygen atoms in total. The van der Waals surface area contributed by atoms with Crippen LogP contribution in [0.4, 0.5) is 5.69 Å². The van der Waals surface area contributed by atoms with Gasteiger partial charge in [0.2, 0.25) is 0 Å². The Morgan fingerprint density at radius 2 is 1.57 bits per heavy atom. The highest BCUT2D eigenvalue weighted by molar-refractivity contribution is 8.20. The van der Waals surface area contributed by atoms with Gasteiger partial charge in [0.15, 0.2) is 0 Å². The molecule has 0 radical (unpaired) electrons. The largest absolute Gasteiger partial charge is 0.260 e. The maximum atomic E-state index is 4.79. The number of rotatable bonds is 1. The van der Waals surface area contributed by atoms with Gasteiger partial charge in [-0.2, -0.15) is 0 Å². The van der Waals surface area contributed by atoms with Gasteiger partial charge in [0.25, 0.3) is 0 Å². The fourth-order valence-electron chi connectivity index (χ4n) is 3.34. The van der Waals surface area contributed by atoms with Crippen LogP contribution in [0.15, 0.2) is 59.6 Å². The first-order valence-corrected chi connectivity index (χ1v) is 9.22. The lowest BCUT2D eigenvalue weighted by Gasteiger charge is -2.46. The van der Waals surface area contributed by atoms with Crippen molar-refractivity contribution in [2.45, 2.75) is 16.4 Å². The Bertz CT molecular complexity index is 689. The van der Waals surface area contributed by atoms with E-state index in [1.165, 1.54) is 22.6 Å². The van der Waals surface area contributed by atoms with Crippen molar-refractivity contribution in [2.75, 3.05) is 11.5 Å². The first kappa shape index (κ1) is 13.5. The van der Waals surface area contributed by atoms with Gasteiger partial charge in [-0.25, -0.2) is 0 Å². The second-order valence-corrected chi connectivity index (χ2v) is 8.53. The van der Waals surface area contributed by atoms with Crippen LogP contribution in [-0.4, -0.2) is 17.7 Å². The Kier molecular flexibility index (Phi) is 3.16. The molecule has 0 saturated carbocycles. The lowest BCUT2D eigenvalue weighted by atomic mass is 9.75. The van der Waals surface area contributed by atoms with Crippen LogP contribution < -0.4 is 0 Å². The third-order valence-corrected chi connectivity index (χ3v) is 8.35. The zero-order valence-electron chi connectivity index (χ0n) is 12.0. The molecule has 0 N–H and O–H groups in total. The van der Waals surface area contributed by atoms with Gasteiger partial charge in [0.1, 0.15) is 4.08 Å². The highest BCUT2D eigenvalue weighted by atomic mass is 32.2. The minimum Gasteiger partial charge on any atom is -0.260 e. The van der Waals surface area contributed by atoms with Crippen molar-refractivity contribution < 1.29 is 0 Å². The van der Waals surface area contributed by atoms with Crippen molar-refractivity contribution in [3.63, 3.8) is 0 Å². The van der Waals surface area contributed by atoms with Gasteiger partial charge in [-0.15, -0.1) is 23.5 Å². The average Bonchev–Trinajstić information content (AvgIpc) is 3.04. The van der Waals surface area contributed by atoms with Crippen LogP contribution in [-0.2, 0) is 9.49 Å². The van der Waals surface area contributed by atoms with Crippen molar-refractivity contribution in [3.05, 3.63) is 65.7 Å². The predicted octanol–water partition coefficient (Wildman–Crippen LogP) is 4.99. The zero-order valence-corrected chi connectivity index (χ0v) is 13.6. The first-order chi connectivity index (χ1) is 10.3. The molecule has 2 aliphatic heterocycles. The van der Waals surface area contributed by atoms with E-state index in [9.17, 15) is 0 Å². The number of hydrogen-bond donors (Lipinski definition) is 0. The standard InChI is InChI=1S/C18H17NS2/c1-17(14-7-3-2-4-8-14)13-19-16-10-6-5-9-15(16)18(17)20-11-12-21-18/h2-10,13H,11-12H2,1H3. The lowest BCUT2D eigenvalue weighted by molar-refractivity contribution is 0.587. The normalized spacial score (nSPS) is 26.0. The molecule has 1 atom stereocenters.